The predicted molar refractivity (Wildman–Crippen MR) is 67.9 cm³/mol. The molecule has 1 heteroatoms. The number of ether oxygens (including phenoxy) is 1. The lowest BCUT2D eigenvalue weighted by atomic mass is 9.98. The molecule has 2 rings (SSSR count). The smallest absolute Gasteiger partial charge is 0.119 e. The fourth-order valence-electron chi connectivity index (χ4n) is 1.84. The standard InChI is InChI=1S/C15H16O/c1-11-7-8-12(2)15(9-11)13-5-4-6-14(10-13)16-3/h4-10H,1-3H3. The van der Waals surface area contributed by atoms with Crippen LogP contribution >= 0.6 is 0 Å². The molecule has 1 nitrogen and oxygen atoms in total. The van der Waals surface area contributed by atoms with Crippen LogP contribution in [-0.2, 0) is 0 Å². The van der Waals surface area contributed by atoms with Crippen LogP contribution in [0.15, 0.2) is 42.5 Å². The Hall–Kier alpha value is -1.76. The molecule has 0 aliphatic heterocycles. The van der Waals surface area contributed by atoms with Gasteiger partial charge in [0, 0.05) is 0 Å². The molecule has 0 aromatic heterocycles. The van der Waals surface area contributed by atoms with Crippen LogP contribution in [-0.4, -0.2) is 7.11 Å². The highest BCUT2D eigenvalue weighted by Gasteiger charge is 2.03. The zero-order chi connectivity index (χ0) is 11.5. The van der Waals surface area contributed by atoms with E-state index < -0.39 is 0 Å². The van der Waals surface area contributed by atoms with Crippen LogP contribution in [0.4, 0.5) is 0 Å². The molecule has 0 fully saturated rings. The van der Waals surface area contributed by atoms with Gasteiger partial charge < -0.3 is 4.74 Å². The highest BCUT2D eigenvalue weighted by atomic mass is 16.5. The van der Waals surface area contributed by atoms with Gasteiger partial charge in [-0.05, 0) is 42.7 Å². The van der Waals surface area contributed by atoms with Gasteiger partial charge in [-0.2, -0.15) is 0 Å². The van der Waals surface area contributed by atoms with E-state index in [9.17, 15) is 0 Å². The van der Waals surface area contributed by atoms with Gasteiger partial charge >= 0.3 is 0 Å². The normalized spacial score (nSPS) is 10.2. The van der Waals surface area contributed by atoms with E-state index in [4.69, 9.17) is 4.74 Å². The fraction of sp³-hybridized carbons (Fsp3) is 0.200. The van der Waals surface area contributed by atoms with Gasteiger partial charge in [-0.3, -0.25) is 0 Å². The zero-order valence-corrected chi connectivity index (χ0v) is 9.95. The molecule has 0 N–H and O–H groups in total. The third-order valence-electron chi connectivity index (χ3n) is 2.77. The molecule has 0 unspecified atom stereocenters. The fourth-order valence-corrected chi connectivity index (χ4v) is 1.84. The number of methoxy groups -OCH3 is 1. The van der Waals surface area contributed by atoms with Crippen LogP contribution in [0.1, 0.15) is 11.1 Å². The number of hydrogen-bond donors (Lipinski definition) is 0. The summed E-state index contributed by atoms with van der Waals surface area (Å²) in [7, 11) is 1.70. The molecule has 0 radical (unpaired) electrons. The van der Waals surface area contributed by atoms with E-state index in [0.717, 1.165) is 5.75 Å². The summed E-state index contributed by atoms with van der Waals surface area (Å²) in [6.07, 6.45) is 0. The van der Waals surface area contributed by atoms with Crippen molar-refractivity contribution in [3.63, 3.8) is 0 Å². The Labute approximate surface area is 96.7 Å². The van der Waals surface area contributed by atoms with Crippen molar-refractivity contribution in [3.05, 3.63) is 53.6 Å². The second kappa shape index (κ2) is 4.40. The van der Waals surface area contributed by atoms with Gasteiger partial charge in [0.25, 0.3) is 0 Å². The highest BCUT2D eigenvalue weighted by molar-refractivity contribution is 5.69. The minimum absolute atomic E-state index is 0.901. The van der Waals surface area contributed by atoms with Gasteiger partial charge in [-0.15, -0.1) is 0 Å². The van der Waals surface area contributed by atoms with Crippen LogP contribution in [0.5, 0.6) is 5.75 Å². The summed E-state index contributed by atoms with van der Waals surface area (Å²) < 4.78 is 5.25. The average molecular weight is 212 g/mol. The van der Waals surface area contributed by atoms with Crippen molar-refractivity contribution >= 4 is 0 Å². The highest BCUT2D eigenvalue weighted by Crippen LogP contribution is 2.27. The van der Waals surface area contributed by atoms with Crippen molar-refractivity contribution in [1.82, 2.24) is 0 Å². The predicted octanol–water partition coefficient (Wildman–Crippen LogP) is 3.98. The third-order valence-corrected chi connectivity index (χ3v) is 2.77. The molecule has 0 spiro atoms. The first-order chi connectivity index (χ1) is 7.70. The topological polar surface area (TPSA) is 9.23 Å². The molecule has 82 valence electrons. The van der Waals surface area contributed by atoms with E-state index in [2.05, 4.69) is 44.2 Å². The lowest BCUT2D eigenvalue weighted by Crippen LogP contribution is -1.87. The van der Waals surface area contributed by atoms with Crippen molar-refractivity contribution in [3.8, 4) is 16.9 Å². The summed E-state index contributed by atoms with van der Waals surface area (Å²) in [6, 6.07) is 14.7. The van der Waals surface area contributed by atoms with Crippen LogP contribution in [0.2, 0.25) is 0 Å². The Balaban J connectivity index is 2.53. The van der Waals surface area contributed by atoms with Crippen molar-refractivity contribution in [2.45, 2.75) is 13.8 Å². The summed E-state index contributed by atoms with van der Waals surface area (Å²) in [4.78, 5) is 0. The molecular formula is C15H16O. The lowest BCUT2D eigenvalue weighted by Gasteiger charge is -2.08. The number of benzene rings is 2. The van der Waals surface area contributed by atoms with Gasteiger partial charge in [0.05, 0.1) is 7.11 Å². The van der Waals surface area contributed by atoms with Crippen LogP contribution in [0, 0.1) is 13.8 Å². The second-order valence-corrected chi connectivity index (χ2v) is 4.05. The van der Waals surface area contributed by atoms with Crippen LogP contribution in [0.25, 0.3) is 11.1 Å². The van der Waals surface area contributed by atoms with Gasteiger partial charge in [0.15, 0.2) is 0 Å². The quantitative estimate of drug-likeness (QED) is 0.731. The average Bonchev–Trinajstić information content (AvgIpc) is 2.32. The molecule has 0 bridgehead atoms. The lowest BCUT2D eigenvalue weighted by molar-refractivity contribution is 0.415. The van der Waals surface area contributed by atoms with Gasteiger partial charge in [0.2, 0.25) is 0 Å². The van der Waals surface area contributed by atoms with E-state index >= 15 is 0 Å². The molecule has 0 saturated heterocycles. The number of rotatable bonds is 2. The molecule has 2 aromatic rings. The Morgan fingerprint density at radius 2 is 1.75 bits per heavy atom. The molecule has 2 aromatic carbocycles. The van der Waals surface area contributed by atoms with Crippen molar-refractivity contribution in [2.75, 3.05) is 7.11 Å². The minimum Gasteiger partial charge on any atom is -0.497 e. The Bertz CT molecular complexity index is 501. The van der Waals surface area contributed by atoms with Gasteiger partial charge in [-0.1, -0.05) is 35.9 Å². The summed E-state index contributed by atoms with van der Waals surface area (Å²) in [5.41, 5.74) is 5.06. The van der Waals surface area contributed by atoms with Gasteiger partial charge in [0.1, 0.15) is 5.75 Å². The molecule has 0 atom stereocenters. The zero-order valence-electron chi connectivity index (χ0n) is 9.95. The summed E-state index contributed by atoms with van der Waals surface area (Å²) in [6.45, 7) is 4.25. The Kier molecular flexibility index (Phi) is 2.95. The molecule has 0 amide bonds. The largest absolute Gasteiger partial charge is 0.497 e. The first-order valence-corrected chi connectivity index (χ1v) is 5.42. The van der Waals surface area contributed by atoms with E-state index in [-0.39, 0.29) is 0 Å². The Morgan fingerprint density at radius 3 is 2.50 bits per heavy atom. The van der Waals surface area contributed by atoms with E-state index in [1.54, 1.807) is 7.11 Å². The van der Waals surface area contributed by atoms with Crippen LogP contribution in [0.3, 0.4) is 0 Å². The molecule has 0 heterocycles. The summed E-state index contributed by atoms with van der Waals surface area (Å²) in [5, 5.41) is 0. The van der Waals surface area contributed by atoms with Crippen LogP contribution < -0.4 is 4.74 Å². The number of hydrogen-bond acceptors (Lipinski definition) is 1. The van der Waals surface area contributed by atoms with E-state index in [1.165, 1.54) is 22.3 Å². The first-order valence-electron chi connectivity index (χ1n) is 5.42. The monoisotopic (exact) mass is 212 g/mol. The molecular weight excluding hydrogens is 196 g/mol. The van der Waals surface area contributed by atoms with Gasteiger partial charge in [-0.25, -0.2) is 0 Å². The maximum absolute atomic E-state index is 5.25. The SMILES string of the molecule is COc1cccc(-c2cc(C)ccc2C)c1. The van der Waals surface area contributed by atoms with Crippen molar-refractivity contribution in [1.29, 1.82) is 0 Å². The minimum atomic E-state index is 0.901. The summed E-state index contributed by atoms with van der Waals surface area (Å²) in [5.74, 6) is 0.901. The third kappa shape index (κ3) is 2.08. The molecule has 0 aliphatic carbocycles. The summed E-state index contributed by atoms with van der Waals surface area (Å²) >= 11 is 0. The molecule has 16 heavy (non-hydrogen) atoms. The Morgan fingerprint density at radius 1 is 0.938 bits per heavy atom. The molecule has 0 saturated carbocycles. The van der Waals surface area contributed by atoms with E-state index in [1.807, 2.05) is 12.1 Å². The number of aryl methyl sites for hydroxylation is 2. The second-order valence-electron chi connectivity index (χ2n) is 4.05. The van der Waals surface area contributed by atoms with Crippen molar-refractivity contribution < 1.29 is 4.74 Å². The van der Waals surface area contributed by atoms with E-state index in [0.29, 0.717) is 0 Å². The first kappa shape index (κ1) is 10.7. The molecule has 0 aliphatic rings. The maximum atomic E-state index is 5.25. The maximum Gasteiger partial charge on any atom is 0.119 e. The van der Waals surface area contributed by atoms with Crippen molar-refractivity contribution in [2.24, 2.45) is 0 Å².